The van der Waals surface area contributed by atoms with Gasteiger partial charge in [-0.3, -0.25) is 0 Å². The largest absolute Gasteiger partial charge is 0.383 e. The number of nitrogens with one attached hydrogen (secondary N) is 2. The highest BCUT2D eigenvalue weighted by molar-refractivity contribution is 7.10. The minimum absolute atomic E-state index is 0.508. The molecule has 0 fully saturated rings. The summed E-state index contributed by atoms with van der Waals surface area (Å²) in [6.45, 7) is 2.96. The molecule has 0 amide bonds. The smallest absolute Gasteiger partial charge is 0.120 e. The van der Waals surface area contributed by atoms with Crippen LogP contribution in [0.3, 0.4) is 0 Å². The van der Waals surface area contributed by atoms with E-state index < -0.39 is 5.60 Å². The molecule has 0 spiro atoms. The lowest BCUT2D eigenvalue weighted by Gasteiger charge is -2.22. The summed E-state index contributed by atoms with van der Waals surface area (Å²) >= 11 is 1.56. The highest BCUT2D eigenvalue weighted by atomic mass is 32.1. The van der Waals surface area contributed by atoms with Crippen LogP contribution in [0.4, 0.5) is 0 Å². The molecule has 16 heavy (non-hydrogen) atoms. The van der Waals surface area contributed by atoms with Gasteiger partial charge in [-0.2, -0.15) is 0 Å². The number of hydrogen-bond acceptors (Lipinski definition) is 4. The fraction of sp³-hybridized carbons (Fsp3) is 0.364. The van der Waals surface area contributed by atoms with E-state index in [0.717, 1.165) is 10.7 Å². The Hall–Kier alpha value is -1.17. The number of hydrogen-bond donors (Lipinski definition) is 3. The number of aliphatic hydroxyl groups is 1. The number of aromatic amines is 1. The molecule has 0 radical (unpaired) electrons. The lowest BCUT2D eigenvalue weighted by molar-refractivity contribution is 0.0603. The molecule has 0 bridgehead atoms. The van der Waals surface area contributed by atoms with E-state index in [1.807, 2.05) is 24.4 Å². The Balaban J connectivity index is 1.85. The van der Waals surface area contributed by atoms with Crippen LogP contribution in [-0.4, -0.2) is 21.6 Å². The summed E-state index contributed by atoms with van der Waals surface area (Å²) in [5, 5.41) is 15.4. The lowest BCUT2D eigenvalue weighted by atomic mass is 10.1. The standard InChI is InChI=1S/C11H15N3OS/c1-11(15,9-3-2-6-16-9)8-12-7-10-13-4-5-14-10/h2-6,12,15H,7-8H2,1H3,(H,13,14). The van der Waals surface area contributed by atoms with Crippen LogP contribution in [0.1, 0.15) is 17.6 Å². The van der Waals surface area contributed by atoms with Crippen molar-refractivity contribution in [2.75, 3.05) is 6.54 Å². The van der Waals surface area contributed by atoms with E-state index in [-0.39, 0.29) is 0 Å². The van der Waals surface area contributed by atoms with Crippen LogP contribution < -0.4 is 5.32 Å². The maximum Gasteiger partial charge on any atom is 0.120 e. The summed E-state index contributed by atoms with van der Waals surface area (Å²) in [6.07, 6.45) is 3.50. The topological polar surface area (TPSA) is 60.9 Å². The van der Waals surface area contributed by atoms with Crippen LogP contribution in [0.15, 0.2) is 29.9 Å². The van der Waals surface area contributed by atoms with Crippen LogP contribution in [0.5, 0.6) is 0 Å². The molecule has 2 aromatic heterocycles. The third-order valence-electron chi connectivity index (χ3n) is 2.37. The van der Waals surface area contributed by atoms with Crippen molar-refractivity contribution >= 4 is 11.3 Å². The molecule has 0 saturated carbocycles. The normalized spacial score (nSPS) is 14.9. The van der Waals surface area contributed by atoms with Gasteiger partial charge in [0.2, 0.25) is 0 Å². The molecule has 2 aromatic rings. The fourth-order valence-corrected chi connectivity index (χ4v) is 2.28. The van der Waals surface area contributed by atoms with Crippen LogP contribution in [0, 0.1) is 0 Å². The minimum Gasteiger partial charge on any atom is -0.383 e. The molecule has 5 heteroatoms. The zero-order chi connectivity index (χ0) is 11.4. The van der Waals surface area contributed by atoms with Gasteiger partial charge >= 0.3 is 0 Å². The van der Waals surface area contributed by atoms with Gasteiger partial charge in [0.1, 0.15) is 11.4 Å². The summed E-state index contributed by atoms with van der Waals surface area (Å²) in [4.78, 5) is 8.08. The minimum atomic E-state index is -0.819. The number of rotatable bonds is 5. The first-order valence-corrected chi connectivity index (χ1v) is 6.02. The van der Waals surface area contributed by atoms with Gasteiger partial charge in [0.15, 0.2) is 0 Å². The Morgan fingerprint density at radius 3 is 3.12 bits per heavy atom. The van der Waals surface area contributed by atoms with Crippen LogP contribution >= 0.6 is 11.3 Å². The van der Waals surface area contributed by atoms with Crippen molar-refractivity contribution in [3.05, 3.63) is 40.6 Å². The maximum atomic E-state index is 10.2. The number of imidazole rings is 1. The fourth-order valence-electron chi connectivity index (χ4n) is 1.49. The summed E-state index contributed by atoms with van der Waals surface area (Å²) in [6, 6.07) is 3.89. The molecule has 4 nitrogen and oxygen atoms in total. The van der Waals surface area contributed by atoms with E-state index in [1.54, 1.807) is 23.7 Å². The molecule has 0 saturated heterocycles. The second-order valence-electron chi connectivity index (χ2n) is 3.89. The molecule has 0 aliphatic carbocycles. The van der Waals surface area contributed by atoms with Gasteiger partial charge in [-0.1, -0.05) is 6.07 Å². The Bertz CT molecular complexity index is 408. The second kappa shape index (κ2) is 4.78. The van der Waals surface area contributed by atoms with Crippen molar-refractivity contribution < 1.29 is 5.11 Å². The third-order valence-corrected chi connectivity index (χ3v) is 3.49. The summed E-state index contributed by atoms with van der Waals surface area (Å²) in [7, 11) is 0. The molecule has 0 aliphatic heterocycles. The third kappa shape index (κ3) is 2.69. The first kappa shape index (κ1) is 11.3. The molecule has 2 rings (SSSR count). The van der Waals surface area contributed by atoms with Crippen molar-refractivity contribution in [2.24, 2.45) is 0 Å². The number of H-pyrrole nitrogens is 1. The van der Waals surface area contributed by atoms with Crippen LogP contribution in [0.25, 0.3) is 0 Å². The molecular formula is C11H15N3OS. The molecule has 1 atom stereocenters. The Morgan fingerprint density at radius 1 is 1.62 bits per heavy atom. The highest BCUT2D eigenvalue weighted by Crippen LogP contribution is 2.24. The van der Waals surface area contributed by atoms with E-state index in [2.05, 4.69) is 15.3 Å². The van der Waals surface area contributed by atoms with Gasteiger partial charge in [0.05, 0.1) is 6.54 Å². The van der Waals surface area contributed by atoms with E-state index >= 15 is 0 Å². The molecule has 0 aliphatic rings. The number of thiophene rings is 1. The quantitative estimate of drug-likeness (QED) is 0.738. The molecule has 1 unspecified atom stereocenters. The predicted molar refractivity (Wildman–Crippen MR) is 64.2 cm³/mol. The lowest BCUT2D eigenvalue weighted by Crippen LogP contribution is -2.34. The van der Waals surface area contributed by atoms with E-state index in [9.17, 15) is 5.11 Å². The molecule has 0 aromatic carbocycles. The first-order valence-electron chi connectivity index (χ1n) is 5.14. The van der Waals surface area contributed by atoms with Gasteiger partial charge in [-0.05, 0) is 18.4 Å². The van der Waals surface area contributed by atoms with Crippen molar-refractivity contribution in [1.82, 2.24) is 15.3 Å². The monoisotopic (exact) mass is 237 g/mol. The average Bonchev–Trinajstić information content (AvgIpc) is 2.90. The summed E-state index contributed by atoms with van der Waals surface area (Å²) in [5.41, 5.74) is -0.819. The van der Waals surface area contributed by atoms with E-state index in [1.165, 1.54) is 0 Å². The van der Waals surface area contributed by atoms with Crippen molar-refractivity contribution in [2.45, 2.75) is 19.1 Å². The van der Waals surface area contributed by atoms with Crippen molar-refractivity contribution in [3.63, 3.8) is 0 Å². The summed E-state index contributed by atoms with van der Waals surface area (Å²) < 4.78 is 0. The number of nitrogens with zero attached hydrogens (tertiary/aromatic N) is 1. The van der Waals surface area contributed by atoms with Gasteiger partial charge < -0.3 is 15.4 Å². The van der Waals surface area contributed by atoms with Gasteiger partial charge in [0, 0.05) is 23.8 Å². The van der Waals surface area contributed by atoms with E-state index in [4.69, 9.17) is 0 Å². The van der Waals surface area contributed by atoms with E-state index in [0.29, 0.717) is 13.1 Å². The zero-order valence-corrected chi connectivity index (χ0v) is 9.92. The van der Waals surface area contributed by atoms with Gasteiger partial charge in [-0.15, -0.1) is 11.3 Å². The average molecular weight is 237 g/mol. The maximum absolute atomic E-state index is 10.2. The Kier molecular flexibility index (Phi) is 3.38. The zero-order valence-electron chi connectivity index (χ0n) is 9.10. The predicted octanol–water partition coefficient (Wildman–Crippen LogP) is 1.47. The van der Waals surface area contributed by atoms with Gasteiger partial charge in [-0.25, -0.2) is 4.98 Å². The van der Waals surface area contributed by atoms with Crippen LogP contribution in [-0.2, 0) is 12.1 Å². The Morgan fingerprint density at radius 2 is 2.50 bits per heavy atom. The van der Waals surface area contributed by atoms with Crippen LogP contribution in [0.2, 0.25) is 0 Å². The molecule has 2 heterocycles. The SMILES string of the molecule is CC(O)(CNCc1ncc[nH]1)c1cccs1. The van der Waals surface area contributed by atoms with Crippen molar-refractivity contribution in [1.29, 1.82) is 0 Å². The number of aromatic nitrogens is 2. The molecular weight excluding hydrogens is 222 g/mol. The highest BCUT2D eigenvalue weighted by Gasteiger charge is 2.23. The Labute approximate surface area is 98.4 Å². The van der Waals surface area contributed by atoms with Crippen molar-refractivity contribution in [3.8, 4) is 0 Å². The van der Waals surface area contributed by atoms with Gasteiger partial charge in [0.25, 0.3) is 0 Å². The first-order chi connectivity index (χ1) is 7.68. The summed E-state index contributed by atoms with van der Waals surface area (Å²) in [5.74, 6) is 0.877. The molecule has 86 valence electrons. The second-order valence-corrected chi connectivity index (χ2v) is 4.84. The molecule has 3 N–H and O–H groups in total.